The van der Waals surface area contributed by atoms with Crippen LogP contribution < -0.4 is 5.32 Å². The van der Waals surface area contributed by atoms with Crippen molar-refractivity contribution in [3.8, 4) is 5.69 Å². The lowest BCUT2D eigenvalue weighted by atomic mass is 10.1. The largest absolute Gasteiger partial charge is 0.324 e. The van der Waals surface area contributed by atoms with Crippen LogP contribution >= 0.6 is 23.4 Å². The Morgan fingerprint density at radius 2 is 1.87 bits per heavy atom. The molecule has 1 N–H and O–H groups in total. The van der Waals surface area contributed by atoms with Crippen LogP contribution in [0.1, 0.15) is 17.1 Å². The summed E-state index contributed by atoms with van der Waals surface area (Å²) in [5.74, 6) is 0.750. The van der Waals surface area contributed by atoms with Gasteiger partial charge in [-0.1, -0.05) is 47.6 Å². The summed E-state index contributed by atoms with van der Waals surface area (Å²) in [6, 6.07) is 15.3. The molecule has 4 rings (SSSR count). The predicted octanol–water partition coefficient (Wildman–Crippen LogP) is 5.12. The first-order valence-corrected chi connectivity index (χ1v) is 10.8. The summed E-state index contributed by atoms with van der Waals surface area (Å²) in [7, 11) is 0. The fourth-order valence-corrected chi connectivity index (χ4v) is 4.19. The van der Waals surface area contributed by atoms with Gasteiger partial charge in [0.2, 0.25) is 5.91 Å². The van der Waals surface area contributed by atoms with Gasteiger partial charge in [-0.05, 0) is 50.6 Å². The Morgan fingerprint density at radius 3 is 2.67 bits per heavy atom. The van der Waals surface area contributed by atoms with Gasteiger partial charge in [0.15, 0.2) is 5.16 Å². The lowest BCUT2D eigenvalue weighted by Crippen LogP contribution is -2.15. The van der Waals surface area contributed by atoms with E-state index in [-0.39, 0.29) is 11.7 Å². The summed E-state index contributed by atoms with van der Waals surface area (Å²) in [4.78, 5) is 17.2. The van der Waals surface area contributed by atoms with E-state index in [2.05, 4.69) is 34.6 Å². The molecule has 0 atom stereocenters. The Bertz CT molecular complexity index is 1250. The van der Waals surface area contributed by atoms with Crippen molar-refractivity contribution in [2.24, 2.45) is 0 Å². The molecule has 0 aliphatic heterocycles. The minimum atomic E-state index is -0.164. The van der Waals surface area contributed by atoms with Gasteiger partial charge in [0.25, 0.3) is 0 Å². The first-order valence-electron chi connectivity index (χ1n) is 9.40. The Kier molecular flexibility index (Phi) is 5.74. The van der Waals surface area contributed by atoms with Crippen LogP contribution in [0.25, 0.3) is 16.6 Å². The highest BCUT2D eigenvalue weighted by Crippen LogP contribution is 2.29. The average molecular weight is 438 g/mol. The SMILES string of the molecule is Cc1ccc2c(C)ccc(-n3c(C)nnc3SCC(=O)Nc3ccccc3Cl)c2n1. The topological polar surface area (TPSA) is 72.7 Å². The number of benzene rings is 2. The maximum Gasteiger partial charge on any atom is 0.234 e. The highest BCUT2D eigenvalue weighted by atomic mass is 35.5. The smallest absolute Gasteiger partial charge is 0.234 e. The van der Waals surface area contributed by atoms with Crippen LogP contribution in [-0.4, -0.2) is 31.4 Å². The number of carbonyl (C=O) groups excluding carboxylic acids is 1. The molecule has 30 heavy (non-hydrogen) atoms. The number of anilines is 1. The number of thioether (sulfide) groups is 1. The van der Waals surface area contributed by atoms with Crippen molar-refractivity contribution in [2.75, 3.05) is 11.1 Å². The van der Waals surface area contributed by atoms with E-state index in [1.165, 1.54) is 11.8 Å². The summed E-state index contributed by atoms with van der Waals surface area (Å²) in [6.45, 7) is 5.93. The number of aryl methyl sites for hydroxylation is 3. The molecule has 0 unspecified atom stereocenters. The van der Waals surface area contributed by atoms with Gasteiger partial charge in [0.05, 0.1) is 27.7 Å². The van der Waals surface area contributed by atoms with Gasteiger partial charge < -0.3 is 5.32 Å². The number of rotatable bonds is 5. The van der Waals surface area contributed by atoms with Gasteiger partial charge in [0, 0.05) is 11.1 Å². The summed E-state index contributed by atoms with van der Waals surface area (Å²) in [6.07, 6.45) is 0. The number of nitrogens with one attached hydrogen (secondary N) is 1. The molecule has 0 fully saturated rings. The molecule has 0 saturated heterocycles. The lowest BCUT2D eigenvalue weighted by Gasteiger charge is -2.13. The molecule has 0 radical (unpaired) electrons. The fourth-order valence-electron chi connectivity index (χ4n) is 3.22. The molecule has 2 aromatic carbocycles. The second-order valence-corrected chi connectivity index (χ2v) is 8.28. The first-order chi connectivity index (χ1) is 14.4. The molecule has 2 heterocycles. The van der Waals surface area contributed by atoms with Crippen molar-refractivity contribution >= 4 is 45.9 Å². The zero-order valence-electron chi connectivity index (χ0n) is 16.8. The number of carbonyl (C=O) groups is 1. The molecule has 8 heteroatoms. The molecular weight excluding hydrogens is 418 g/mol. The van der Waals surface area contributed by atoms with Crippen molar-refractivity contribution in [3.05, 3.63) is 70.6 Å². The van der Waals surface area contributed by atoms with Crippen molar-refractivity contribution in [2.45, 2.75) is 25.9 Å². The molecule has 1 amide bonds. The number of hydrogen-bond donors (Lipinski definition) is 1. The van der Waals surface area contributed by atoms with E-state index in [1.807, 2.05) is 42.7 Å². The molecule has 0 saturated carbocycles. The summed E-state index contributed by atoms with van der Waals surface area (Å²) in [5.41, 5.74) is 4.47. The molecule has 4 aromatic rings. The van der Waals surface area contributed by atoms with Gasteiger partial charge >= 0.3 is 0 Å². The summed E-state index contributed by atoms with van der Waals surface area (Å²) >= 11 is 7.44. The molecule has 0 bridgehead atoms. The van der Waals surface area contributed by atoms with E-state index < -0.39 is 0 Å². The van der Waals surface area contributed by atoms with Gasteiger partial charge in [-0.2, -0.15) is 0 Å². The monoisotopic (exact) mass is 437 g/mol. The van der Waals surface area contributed by atoms with Gasteiger partial charge in [0.1, 0.15) is 5.82 Å². The Hall–Kier alpha value is -2.90. The van der Waals surface area contributed by atoms with E-state index in [0.29, 0.717) is 15.9 Å². The van der Waals surface area contributed by atoms with Gasteiger partial charge in [-0.25, -0.2) is 0 Å². The number of para-hydroxylation sites is 1. The highest BCUT2D eigenvalue weighted by Gasteiger charge is 2.17. The molecule has 6 nitrogen and oxygen atoms in total. The zero-order chi connectivity index (χ0) is 21.3. The first kappa shape index (κ1) is 20.4. The van der Waals surface area contributed by atoms with Crippen LogP contribution in [0.3, 0.4) is 0 Å². The normalized spacial score (nSPS) is 11.1. The van der Waals surface area contributed by atoms with Crippen LogP contribution in [-0.2, 0) is 4.79 Å². The molecule has 0 spiro atoms. The van der Waals surface area contributed by atoms with Crippen molar-refractivity contribution in [3.63, 3.8) is 0 Å². The van der Waals surface area contributed by atoms with Crippen LogP contribution in [0.15, 0.2) is 53.7 Å². The Balaban J connectivity index is 1.62. The molecule has 0 aliphatic carbocycles. The van der Waals surface area contributed by atoms with Crippen LogP contribution in [0.2, 0.25) is 5.02 Å². The predicted molar refractivity (Wildman–Crippen MR) is 122 cm³/mol. The maximum absolute atomic E-state index is 12.4. The summed E-state index contributed by atoms with van der Waals surface area (Å²) in [5, 5.41) is 13.6. The number of hydrogen-bond acceptors (Lipinski definition) is 5. The average Bonchev–Trinajstić information content (AvgIpc) is 3.09. The van der Waals surface area contributed by atoms with Crippen molar-refractivity contribution in [1.82, 2.24) is 19.7 Å². The van der Waals surface area contributed by atoms with E-state index >= 15 is 0 Å². The number of pyridine rings is 1. The highest BCUT2D eigenvalue weighted by molar-refractivity contribution is 7.99. The standard InChI is InChI=1S/C22H20ClN5OS/c1-13-8-11-19(21-16(13)10-9-14(2)24-21)28-15(3)26-27-22(28)30-12-20(29)25-18-7-5-4-6-17(18)23/h4-11H,12H2,1-3H3,(H,25,29). The van der Waals surface area contributed by atoms with Crippen molar-refractivity contribution < 1.29 is 4.79 Å². The zero-order valence-corrected chi connectivity index (χ0v) is 18.4. The van der Waals surface area contributed by atoms with E-state index in [4.69, 9.17) is 16.6 Å². The van der Waals surface area contributed by atoms with Crippen LogP contribution in [0.5, 0.6) is 0 Å². The Labute approximate surface area is 183 Å². The van der Waals surface area contributed by atoms with E-state index in [9.17, 15) is 4.79 Å². The number of fused-ring (bicyclic) bond motifs is 1. The van der Waals surface area contributed by atoms with Crippen LogP contribution in [0.4, 0.5) is 5.69 Å². The van der Waals surface area contributed by atoms with Gasteiger partial charge in [-0.15, -0.1) is 10.2 Å². The molecule has 0 aliphatic rings. The number of nitrogens with zero attached hydrogens (tertiary/aromatic N) is 4. The maximum atomic E-state index is 12.4. The quantitative estimate of drug-likeness (QED) is 0.438. The third-order valence-corrected chi connectivity index (χ3v) is 5.97. The number of halogens is 1. The Morgan fingerprint density at radius 1 is 1.07 bits per heavy atom. The molecular formula is C22H20ClN5OS. The van der Waals surface area contributed by atoms with E-state index in [0.717, 1.165) is 33.7 Å². The minimum absolute atomic E-state index is 0.164. The molecule has 152 valence electrons. The second kappa shape index (κ2) is 8.45. The second-order valence-electron chi connectivity index (χ2n) is 6.93. The lowest BCUT2D eigenvalue weighted by molar-refractivity contribution is -0.113. The van der Waals surface area contributed by atoms with Crippen LogP contribution in [0, 0.1) is 20.8 Å². The third-order valence-electron chi connectivity index (χ3n) is 4.71. The third kappa shape index (κ3) is 4.04. The van der Waals surface area contributed by atoms with E-state index in [1.54, 1.807) is 12.1 Å². The fraction of sp³-hybridized carbons (Fsp3) is 0.182. The minimum Gasteiger partial charge on any atom is -0.324 e. The molecule has 2 aromatic heterocycles. The number of amides is 1. The van der Waals surface area contributed by atoms with Gasteiger partial charge in [-0.3, -0.25) is 14.3 Å². The van der Waals surface area contributed by atoms with Crippen molar-refractivity contribution in [1.29, 1.82) is 0 Å². The number of aromatic nitrogens is 4. The summed E-state index contributed by atoms with van der Waals surface area (Å²) < 4.78 is 1.95.